The predicted molar refractivity (Wildman–Crippen MR) is 91.6 cm³/mol. The highest BCUT2D eigenvalue weighted by Gasteiger charge is 2.23. The van der Waals surface area contributed by atoms with Crippen molar-refractivity contribution in [3.05, 3.63) is 29.8 Å². The second kappa shape index (κ2) is 9.02. The van der Waals surface area contributed by atoms with Crippen LogP contribution in [0.1, 0.15) is 30.1 Å². The lowest BCUT2D eigenvalue weighted by molar-refractivity contribution is -0.115. The quantitative estimate of drug-likeness (QED) is 0.708. The molecule has 1 aromatic rings. The van der Waals surface area contributed by atoms with Crippen molar-refractivity contribution in [1.82, 2.24) is 10.6 Å². The molecule has 4 N–H and O–H groups in total. The normalized spacial score (nSPS) is 20.8. The maximum atomic E-state index is 12.5. The first-order valence-electron chi connectivity index (χ1n) is 7.12. The number of hydrogen-bond donors (Lipinski definition) is 3. The summed E-state index contributed by atoms with van der Waals surface area (Å²) in [6.07, 6.45) is 2.05. The van der Waals surface area contributed by atoms with Crippen molar-refractivity contribution in [2.24, 2.45) is 5.73 Å². The van der Waals surface area contributed by atoms with Crippen LogP contribution >= 0.6 is 24.2 Å². The Bertz CT molecular complexity index is 527. The van der Waals surface area contributed by atoms with Gasteiger partial charge >= 0.3 is 0 Å². The Balaban J connectivity index is 0.00000242. The molecule has 0 aromatic heterocycles. The Morgan fingerprint density at radius 2 is 2.14 bits per heavy atom. The standard InChI is InChI=1S/C15H21N3O2S.ClH/c1-10-12(6-4-8-17-10)18-15(20)11-5-2-3-7-13(11)21-9-14(16)19;/h2-3,5,7,10,12,17H,4,6,8-9H2,1H3,(H2,16,19)(H,18,20);1H. The molecule has 2 amide bonds. The van der Waals surface area contributed by atoms with Crippen LogP contribution in [0.2, 0.25) is 0 Å². The Labute approximate surface area is 141 Å². The minimum Gasteiger partial charge on any atom is -0.369 e. The monoisotopic (exact) mass is 343 g/mol. The van der Waals surface area contributed by atoms with Crippen LogP contribution in [0.25, 0.3) is 0 Å². The van der Waals surface area contributed by atoms with E-state index in [1.165, 1.54) is 11.8 Å². The lowest BCUT2D eigenvalue weighted by Gasteiger charge is -2.30. The van der Waals surface area contributed by atoms with Crippen LogP contribution in [0.3, 0.4) is 0 Å². The number of piperidine rings is 1. The van der Waals surface area contributed by atoms with Gasteiger partial charge in [-0.1, -0.05) is 12.1 Å². The van der Waals surface area contributed by atoms with Gasteiger partial charge in [0.25, 0.3) is 5.91 Å². The maximum absolute atomic E-state index is 12.5. The van der Waals surface area contributed by atoms with E-state index < -0.39 is 0 Å². The van der Waals surface area contributed by atoms with Crippen molar-refractivity contribution in [3.63, 3.8) is 0 Å². The number of benzene rings is 1. The SMILES string of the molecule is CC1NCCCC1NC(=O)c1ccccc1SCC(N)=O.Cl. The lowest BCUT2D eigenvalue weighted by atomic mass is 9.99. The van der Waals surface area contributed by atoms with Gasteiger partial charge in [0.15, 0.2) is 0 Å². The third-order valence-corrected chi connectivity index (χ3v) is 4.68. The van der Waals surface area contributed by atoms with Gasteiger partial charge in [0.05, 0.1) is 11.3 Å². The van der Waals surface area contributed by atoms with Gasteiger partial charge in [-0.05, 0) is 38.4 Å². The first-order valence-corrected chi connectivity index (χ1v) is 8.11. The van der Waals surface area contributed by atoms with Crippen LogP contribution in [0, 0.1) is 0 Å². The van der Waals surface area contributed by atoms with Crippen LogP contribution in [0.15, 0.2) is 29.2 Å². The summed E-state index contributed by atoms with van der Waals surface area (Å²) in [6, 6.07) is 7.70. The van der Waals surface area contributed by atoms with E-state index in [0.717, 1.165) is 24.3 Å². The molecule has 1 heterocycles. The van der Waals surface area contributed by atoms with Gasteiger partial charge in [0, 0.05) is 17.0 Å². The van der Waals surface area contributed by atoms with Crippen molar-refractivity contribution < 1.29 is 9.59 Å². The third-order valence-electron chi connectivity index (χ3n) is 3.58. The summed E-state index contributed by atoms with van der Waals surface area (Å²) in [5, 5.41) is 6.44. The molecule has 2 rings (SSSR count). The number of amides is 2. The van der Waals surface area contributed by atoms with Gasteiger partial charge < -0.3 is 16.4 Å². The first kappa shape index (κ1) is 18.8. The van der Waals surface area contributed by atoms with Crippen LogP contribution in [0.4, 0.5) is 0 Å². The zero-order valence-electron chi connectivity index (χ0n) is 12.5. The second-order valence-corrected chi connectivity index (χ2v) is 6.23. The average Bonchev–Trinajstić information content (AvgIpc) is 2.47. The smallest absolute Gasteiger partial charge is 0.252 e. The molecule has 1 aliphatic rings. The predicted octanol–water partition coefficient (Wildman–Crippen LogP) is 1.56. The topological polar surface area (TPSA) is 84.2 Å². The molecule has 122 valence electrons. The van der Waals surface area contributed by atoms with Gasteiger partial charge in [-0.25, -0.2) is 0 Å². The highest BCUT2D eigenvalue weighted by molar-refractivity contribution is 8.00. The first-order chi connectivity index (χ1) is 10.1. The fraction of sp³-hybridized carbons (Fsp3) is 0.467. The summed E-state index contributed by atoms with van der Waals surface area (Å²) in [4.78, 5) is 24.1. The third kappa shape index (κ3) is 5.19. The Kier molecular flexibility index (Phi) is 7.72. The zero-order valence-corrected chi connectivity index (χ0v) is 14.1. The minimum atomic E-state index is -0.389. The van der Waals surface area contributed by atoms with Gasteiger partial charge in [-0.15, -0.1) is 24.2 Å². The molecule has 1 aromatic carbocycles. The molecule has 2 unspecified atom stereocenters. The molecule has 5 nitrogen and oxygen atoms in total. The van der Waals surface area contributed by atoms with E-state index >= 15 is 0 Å². The van der Waals surface area contributed by atoms with E-state index in [-0.39, 0.29) is 42.1 Å². The number of thioether (sulfide) groups is 1. The summed E-state index contributed by atoms with van der Waals surface area (Å²) in [5.41, 5.74) is 5.76. The average molecular weight is 344 g/mol. The molecule has 2 atom stereocenters. The van der Waals surface area contributed by atoms with Gasteiger partial charge in [-0.2, -0.15) is 0 Å². The Hall–Kier alpha value is -1.24. The summed E-state index contributed by atoms with van der Waals surface area (Å²) in [5.74, 6) is -0.311. The van der Waals surface area contributed by atoms with E-state index in [9.17, 15) is 9.59 Å². The van der Waals surface area contributed by atoms with Crippen molar-refractivity contribution in [3.8, 4) is 0 Å². The van der Waals surface area contributed by atoms with Gasteiger partial charge in [-0.3, -0.25) is 9.59 Å². The van der Waals surface area contributed by atoms with E-state index in [4.69, 9.17) is 5.73 Å². The second-order valence-electron chi connectivity index (χ2n) is 5.22. The number of nitrogens with two attached hydrogens (primary N) is 1. The Morgan fingerprint density at radius 3 is 2.82 bits per heavy atom. The molecule has 1 saturated heterocycles. The van der Waals surface area contributed by atoms with Gasteiger partial charge in [0.2, 0.25) is 5.91 Å². The molecule has 1 fully saturated rings. The van der Waals surface area contributed by atoms with Crippen molar-refractivity contribution in [1.29, 1.82) is 0 Å². The molecule has 22 heavy (non-hydrogen) atoms. The van der Waals surface area contributed by atoms with Crippen molar-refractivity contribution >= 4 is 36.0 Å². The summed E-state index contributed by atoms with van der Waals surface area (Å²) >= 11 is 1.30. The van der Waals surface area contributed by atoms with E-state index in [1.807, 2.05) is 18.2 Å². The molecule has 1 aliphatic heterocycles. The van der Waals surface area contributed by atoms with E-state index in [2.05, 4.69) is 17.6 Å². The Morgan fingerprint density at radius 1 is 1.41 bits per heavy atom. The molecular weight excluding hydrogens is 322 g/mol. The van der Waals surface area contributed by atoms with E-state index in [1.54, 1.807) is 6.07 Å². The highest BCUT2D eigenvalue weighted by atomic mass is 35.5. The molecule has 7 heteroatoms. The van der Waals surface area contributed by atoms with Crippen LogP contribution < -0.4 is 16.4 Å². The lowest BCUT2D eigenvalue weighted by Crippen LogP contribution is -2.51. The number of rotatable bonds is 5. The number of carbonyl (C=O) groups excluding carboxylic acids is 2. The maximum Gasteiger partial charge on any atom is 0.252 e. The van der Waals surface area contributed by atoms with Crippen LogP contribution in [-0.4, -0.2) is 36.2 Å². The summed E-state index contributed by atoms with van der Waals surface area (Å²) < 4.78 is 0. The zero-order chi connectivity index (χ0) is 15.2. The molecule has 0 saturated carbocycles. The number of carbonyl (C=O) groups is 2. The largest absolute Gasteiger partial charge is 0.369 e. The van der Waals surface area contributed by atoms with Crippen molar-refractivity contribution in [2.45, 2.75) is 36.7 Å². The van der Waals surface area contributed by atoms with E-state index in [0.29, 0.717) is 5.56 Å². The fourth-order valence-corrected chi connectivity index (χ4v) is 3.21. The van der Waals surface area contributed by atoms with Crippen LogP contribution in [-0.2, 0) is 4.79 Å². The molecule has 0 bridgehead atoms. The number of hydrogen-bond acceptors (Lipinski definition) is 4. The summed E-state index contributed by atoms with van der Waals surface area (Å²) in [7, 11) is 0. The fourth-order valence-electron chi connectivity index (χ4n) is 2.42. The number of nitrogens with one attached hydrogen (secondary N) is 2. The van der Waals surface area contributed by atoms with Crippen LogP contribution in [0.5, 0.6) is 0 Å². The minimum absolute atomic E-state index is 0. The molecule has 0 aliphatic carbocycles. The number of halogens is 1. The number of primary amides is 1. The molecule has 0 radical (unpaired) electrons. The summed E-state index contributed by atoms with van der Waals surface area (Å²) in [6.45, 7) is 3.08. The molecular formula is C15H22ClN3O2S. The molecule has 0 spiro atoms. The van der Waals surface area contributed by atoms with Crippen molar-refractivity contribution in [2.75, 3.05) is 12.3 Å². The highest BCUT2D eigenvalue weighted by Crippen LogP contribution is 2.22. The van der Waals surface area contributed by atoms with Gasteiger partial charge in [0.1, 0.15) is 0 Å².